The molecule has 0 aliphatic carbocycles. The second kappa shape index (κ2) is 5.00. The van der Waals surface area contributed by atoms with Crippen molar-refractivity contribution in [2.45, 2.75) is 6.18 Å². The van der Waals surface area contributed by atoms with Crippen molar-refractivity contribution in [1.29, 1.82) is 0 Å². The highest BCUT2D eigenvalue weighted by Gasteiger charge is 2.34. The number of alkyl halides is 3. The van der Waals surface area contributed by atoms with E-state index in [-0.39, 0.29) is 5.69 Å². The van der Waals surface area contributed by atoms with Crippen LogP contribution in [0.3, 0.4) is 0 Å². The lowest BCUT2D eigenvalue weighted by molar-refractivity contribution is -0.139. The summed E-state index contributed by atoms with van der Waals surface area (Å²) in [6.45, 7) is 0. The van der Waals surface area contributed by atoms with Gasteiger partial charge in [0.2, 0.25) is 0 Å². The molecular formula is C12H7F4NOS. The smallest absolute Gasteiger partial charge is 0.321 e. The van der Waals surface area contributed by atoms with Crippen LogP contribution in [0.2, 0.25) is 0 Å². The summed E-state index contributed by atoms with van der Waals surface area (Å²) in [5.74, 6) is -1.91. The third-order valence-electron chi connectivity index (χ3n) is 2.27. The number of nitrogens with one attached hydrogen (secondary N) is 1. The number of hydrogen-bond acceptors (Lipinski definition) is 2. The Kier molecular flexibility index (Phi) is 3.57. The summed E-state index contributed by atoms with van der Waals surface area (Å²) in [5.41, 5.74) is -1.51. The minimum Gasteiger partial charge on any atom is -0.321 e. The summed E-state index contributed by atoms with van der Waals surface area (Å²) < 4.78 is 50.5. The van der Waals surface area contributed by atoms with Gasteiger partial charge in [0, 0.05) is 5.69 Å². The Hall–Kier alpha value is -1.89. The first-order chi connectivity index (χ1) is 8.88. The highest BCUT2D eigenvalue weighted by atomic mass is 32.1. The maximum Gasteiger partial charge on any atom is 0.419 e. The Morgan fingerprint density at radius 2 is 1.95 bits per heavy atom. The molecular weight excluding hydrogens is 282 g/mol. The van der Waals surface area contributed by atoms with E-state index in [1.807, 2.05) is 0 Å². The molecule has 1 aromatic carbocycles. The maximum absolute atomic E-state index is 13.0. The Morgan fingerprint density at radius 3 is 2.53 bits per heavy atom. The molecule has 1 amide bonds. The van der Waals surface area contributed by atoms with E-state index in [0.29, 0.717) is 17.0 Å². The van der Waals surface area contributed by atoms with Crippen molar-refractivity contribution in [2.24, 2.45) is 0 Å². The lowest BCUT2D eigenvalue weighted by atomic mass is 10.2. The van der Waals surface area contributed by atoms with Crippen LogP contribution in [0.15, 0.2) is 35.7 Å². The van der Waals surface area contributed by atoms with Crippen molar-refractivity contribution in [3.05, 3.63) is 52.0 Å². The normalized spacial score (nSPS) is 11.4. The lowest BCUT2D eigenvalue weighted by Gasteiger charge is -2.10. The topological polar surface area (TPSA) is 29.1 Å². The zero-order chi connectivity index (χ0) is 14.0. The minimum absolute atomic E-state index is 0.105. The molecule has 2 aromatic rings. The van der Waals surface area contributed by atoms with Crippen molar-refractivity contribution >= 4 is 22.9 Å². The van der Waals surface area contributed by atoms with Crippen LogP contribution < -0.4 is 5.32 Å². The molecule has 0 fully saturated rings. The average Bonchev–Trinajstić information content (AvgIpc) is 2.83. The van der Waals surface area contributed by atoms with Crippen molar-refractivity contribution in [1.82, 2.24) is 0 Å². The molecule has 0 spiro atoms. The van der Waals surface area contributed by atoms with Gasteiger partial charge in [0.05, 0.1) is 10.4 Å². The molecule has 1 heterocycles. The van der Waals surface area contributed by atoms with Crippen LogP contribution >= 0.6 is 11.3 Å². The van der Waals surface area contributed by atoms with Crippen LogP contribution in [0.5, 0.6) is 0 Å². The van der Waals surface area contributed by atoms with Crippen LogP contribution in [-0.2, 0) is 6.18 Å². The molecule has 0 saturated carbocycles. The molecule has 0 bridgehead atoms. The molecule has 2 rings (SSSR count). The zero-order valence-corrected chi connectivity index (χ0v) is 10.1. The number of benzene rings is 1. The van der Waals surface area contributed by atoms with Crippen molar-refractivity contribution in [2.75, 3.05) is 5.32 Å². The summed E-state index contributed by atoms with van der Waals surface area (Å²) in [7, 11) is 0. The molecule has 1 aromatic heterocycles. The van der Waals surface area contributed by atoms with E-state index in [9.17, 15) is 22.4 Å². The third-order valence-corrected chi connectivity index (χ3v) is 3.14. The first-order valence-corrected chi connectivity index (χ1v) is 5.97. The monoisotopic (exact) mass is 289 g/mol. The van der Waals surface area contributed by atoms with Gasteiger partial charge in [0.15, 0.2) is 0 Å². The number of amides is 1. The highest BCUT2D eigenvalue weighted by Crippen LogP contribution is 2.33. The molecule has 100 valence electrons. The molecule has 0 atom stereocenters. The number of halogens is 4. The van der Waals surface area contributed by atoms with Crippen LogP contribution in [0.25, 0.3) is 0 Å². The number of rotatable bonds is 2. The van der Waals surface area contributed by atoms with Gasteiger partial charge in [-0.1, -0.05) is 6.07 Å². The van der Waals surface area contributed by atoms with Gasteiger partial charge < -0.3 is 5.32 Å². The fourth-order valence-corrected chi connectivity index (χ4v) is 2.04. The van der Waals surface area contributed by atoms with Crippen LogP contribution in [0.1, 0.15) is 15.2 Å². The fourth-order valence-electron chi connectivity index (χ4n) is 1.42. The fraction of sp³-hybridized carbons (Fsp3) is 0.0833. The summed E-state index contributed by atoms with van der Waals surface area (Å²) in [6, 6.07) is 5.50. The molecule has 1 N–H and O–H groups in total. The molecule has 7 heteroatoms. The van der Waals surface area contributed by atoms with Gasteiger partial charge in [-0.15, -0.1) is 11.3 Å². The summed E-state index contributed by atoms with van der Waals surface area (Å²) >= 11 is 1.15. The Labute approximate surface area is 109 Å². The Bertz CT molecular complexity index is 592. The Balaban J connectivity index is 2.25. The molecule has 2 nitrogen and oxygen atoms in total. The molecule has 19 heavy (non-hydrogen) atoms. The third kappa shape index (κ3) is 3.11. The largest absolute Gasteiger partial charge is 0.419 e. The minimum atomic E-state index is -4.80. The van der Waals surface area contributed by atoms with Crippen molar-refractivity contribution in [3.63, 3.8) is 0 Å². The van der Waals surface area contributed by atoms with Gasteiger partial charge in [-0.3, -0.25) is 4.79 Å². The summed E-state index contributed by atoms with van der Waals surface area (Å²) in [4.78, 5) is 12.0. The van der Waals surface area contributed by atoms with Gasteiger partial charge in [-0.05, 0) is 29.6 Å². The van der Waals surface area contributed by atoms with Crippen molar-refractivity contribution in [3.8, 4) is 0 Å². The van der Waals surface area contributed by atoms with E-state index in [2.05, 4.69) is 5.32 Å². The van der Waals surface area contributed by atoms with Gasteiger partial charge in [0.25, 0.3) is 5.91 Å². The first-order valence-electron chi connectivity index (χ1n) is 5.09. The second-order valence-electron chi connectivity index (χ2n) is 3.62. The summed E-state index contributed by atoms with van der Waals surface area (Å²) in [5, 5.41) is 3.96. The van der Waals surface area contributed by atoms with Crippen LogP contribution in [0.4, 0.5) is 23.2 Å². The predicted octanol–water partition coefficient (Wildman–Crippen LogP) is 4.16. The molecule has 0 saturated heterocycles. The van der Waals surface area contributed by atoms with E-state index >= 15 is 0 Å². The number of carbonyl (C=O) groups is 1. The average molecular weight is 289 g/mol. The molecule has 0 aliphatic rings. The predicted molar refractivity (Wildman–Crippen MR) is 63.7 cm³/mol. The Morgan fingerprint density at radius 1 is 1.21 bits per heavy atom. The van der Waals surface area contributed by atoms with E-state index in [0.717, 1.165) is 17.4 Å². The highest BCUT2D eigenvalue weighted by molar-refractivity contribution is 7.12. The van der Waals surface area contributed by atoms with Gasteiger partial charge in [-0.2, -0.15) is 13.2 Å². The molecule has 0 radical (unpaired) electrons. The second-order valence-corrected chi connectivity index (χ2v) is 4.57. The molecule has 0 unspecified atom stereocenters. The first kappa shape index (κ1) is 13.5. The van der Waals surface area contributed by atoms with E-state index in [1.54, 1.807) is 11.4 Å². The van der Waals surface area contributed by atoms with E-state index in [1.165, 1.54) is 6.07 Å². The SMILES string of the molecule is O=C(Nc1ccc(F)c(C(F)(F)F)c1)c1cccs1. The van der Waals surface area contributed by atoms with Crippen LogP contribution in [0, 0.1) is 5.82 Å². The van der Waals surface area contributed by atoms with Crippen LogP contribution in [-0.4, -0.2) is 5.91 Å². The quantitative estimate of drug-likeness (QED) is 0.826. The number of carbonyl (C=O) groups excluding carboxylic acids is 1. The zero-order valence-electron chi connectivity index (χ0n) is 9.29. The number of anilines is 1. The maximum atomic E-state index is 13.0. The van der Waals surface area contributed by atoms with Crippen molar-refractivity contribution < 1.29 is 22.4 Å². The summed E-state index contributed by atoms with van der Waals surface area (Å²) in [6.07, 6.45) is -4.80. The van der Waals surface area contributed by atoms with Gasteiger partial charge >= 0.3 is 6.18 Å². The standard InChI is InChI=1S/C12H7F4NOS/c13-9-4-3-7(6-8(9)12(14,15)16)17-11(18)10-2-1-5-19-10/h1-6H,(H,17,18). The number of hydrogen-bond donors (Lipinski definition) is 1. The van der Waals surface area contributed by atoms with E-state index in [4.69, 9.17) is 0 Å². The number of thiophene rings is 1. The molecule has 0 aliphatic heterocycles. The van der Waals surface area contributed by atoms with Gasteiger partial charge in [0.1, 0.15) is 5.82 Å². The van der Waals surface area contributed by atoms with Gasteiger partial charge in [-0.25, -0.2) is 4.39 Å². The lowest BCUT2D eigenvalue weighted by Crippen LogP contribution is -2.13. The van der Waals surface area contributed by atoms with E-state index < -0.39 is 23.5 Å².